The Labute approximate surface area is 132 Å². The van der Waals surface area contributed by atoms with Crippen LogP contribution in [0.4, 0.5) is 0 Å². The zero-order valence-electron chi connectivity index (χ0n) is 11.2. The number of halogens is 3. The van der Waals surface area contributed by atoms with Crippen molar-refractivity contribution in [3.8, 4) is 5.75 Å². The van der Waals surface area contributed by atoms with E-state index in [1.54, 1.807) is 0 Å². The highest BCUT2D eigenvalue weighted by molar-refractivity contribution is 6.30. The Balaban J connectivity index is 0. The lowest BCUT2D eigenvalue weighted by Gasteiger charge is -2.22. The number of rotatable bonds is 6. The van der Waals surface area contributed by atoms with Gasteiger partial charge in [0.1, 0.15) is 11.9 Å². The molecule has 1 aromatic rings. The normalized spacial score (nSPS) is 14.6. The number of benzene rings is 1. The Bertz CT molecular complexity index is 321. The second-order valence-electron chi connectivity index (χ2n) is 4.62. The van der Waals surface area contributed by atoms with Crippen molar-refractivity contribution in [2.45, 2.75) is 44.9 Å². The van der Waals surface area contributed by atoms with Gasteiger partial charge in [0.25, 0.3) is 0 Å². The summed E-state index contributed by atoms with van der Waals surface area (Å²) in [4.78, 5) is 0. The van der Waals surface area contributed by atoms with Crippen LogP contribution < -0.4 is 16.2 Å². The van der Waals surface area contributed by atoms with Gasteiger partial charge >= 0.3 is 0 Å². The van der Waals surface area contributed by atoms with Crippen molar-refractivity contribution in [2.75, 3.05) is 0 Å². The molecule has 112 valence electrons. The summed E-state index contributed by atoms with van der Waals surface area (Å²) in [6.07, 6.45) is 1.64. The highest BCUT2D eigenvalue weighted by Gasteiger charge is 2.15. The van der Waals surface area contributed by atoms with E-state index in [9.17, 15) is 0 Å². The first-order valence-electron chi connectivity index (χ1n) is 5.90. The first-order valence-corrected chi connectivity index (χ1v) is 6.28. The minimum atomic E-state index is 0. The molecule has 0 aromatic heterocycles. The van der Waals surface area contributed by atoms with Crippen LogP contribution in [0, 0.1) is 0 Å². The molecule has 2 unspecified atom stereocenters. The van der Waals surface area contributed by atoms with E-state index in [-0.39, 0.29) is 43.0 Å². The molecule has 0 aliphatic carbocycles. The zero-order valence-corrected chi connectivity index (χ0v) is 13.6. The van der Waals surface area contributed by atoms with Gasteiger partial charge in [-0.05, 0) is 51.0 Å². The highest BCUT2D eigenvalue weighted by Crippen LogP contribution is 2.19. The number of nitrogens with two attached hydrogens (primary N) is 2. The van der Waals surface area contributed by atoms with E-state index in [1.165, 1.54) is 0 Å². The SMILES string of the molecule is CC(N)CC(CC(C)N)Oc1ccc(Cl)cc1.Cl.Cl. The van der Waals surface area contributed by atoms with Crippen LogP contribution in [0.2, 0.25) is 5.02 Å². The Kier molecular flexibility index (Phi) is 11.8. The van der Waals surface area contributed by atoms with Crippen LogP contribution in [0.25, 0.3) is 0 Å². The van der Waals surface area contributed by atoms with Gasteiger partial charge < -0.3 is 16.2 Å². The van der Waals surface area contributed by atoms with Crippen molar-refractivity contribution in [1.82, 2.24) is 0 Å². The van der Waals surface area contributed by atoms with Crippen LogP contribution >= 0.6 is 36.4 Å². The van der Waals surface area contributed by atoms with Crippen LogP contribution in [0.3, 0.4) is 0 Å². The van der Waals surface area contributed by atoms with Gasteiger partial charge in [-0.15, -0.1) is 24.8 Å². The van der Waals surface area contributed by atoms with Gasteiger partial charge in [0.05, 0.1) is 0 Å². The minimum absolute atomic E-state index is 0. The quantitative estimate of drug-likeness (QED) is 0.841. The monoisotopic (exact) mass is 328 g/mol. The van der Waals surface area contributed by atoms with Gasteiger partial charge in [0.15, 0.2) is 0 Å². The van der Waals surface area contributed by atoms with E-state index >= 15 is 0 Å². The molecule has 3 nitrogen and oxygen atoms in total. The second kappa shape index (κ2) is 10.6. The summed E-state index contributed by atoms with van der Waals surface area (Å²) in [5.41, 5.74) is 11.6. The minimum Gasteiger partial charge on any atom is -0.490 e. The zero-order chi connectivity index (χ0) is 12.8. The standard InChI is InChI=1S/C13H21ClN2O.2ClH/c1-9(15)7-13(8-10(2)16)17-12-5-3-11(14)4-6-12;;/h3-6,9-10,13H,7-8,15-16H2,1-2H3;2*1H. The van der Waals surface area contributed by atoms with Gasteiger partial charge in [0, 0.05) is 17.1 Å². The maximum absolute atomic E-state index is 5.87. The molecule has 0 saturated carbocycles. The maximum Gasteiger partial charge on any atom is 0.119 e. The van der Waals surface area contributed by atoms with Crippen LogP contribution in [-0.2, 0) is 0 Å². The van der Waals surface area contributed by atoms with E-state index in [0.29, 0.717) is 5.02 Å². The molecule has 0 heterocycles. The first-order chi connectivity index (χ1) is 7.97. The fraction of sp³-hybridized carbons (Fsp3) is 0.538. The number of hydrogen-bond acceptors (Lipinski definition) is 3. The summed E-state index contributed by atoms with van der Waals surface area (Å²) in [6.45, 7) is 3.94. The molecule has 0 amide bonds. The van der Waals surface area contributed by atoms with E-state index in [0.717, 1.165) is 18.6 Å². The van der Waals surface area contributed by atoms with Gasteiger partial charge in [-0.2, -0.15) is 0 Å². The maximum atomic E-state index is 5.87. The number of hydrogen-bond donors (Lipinski definition) is 2. The molecule has 0 aliphatic rings. The van der Waals surface area contributed by atoms with E-state index in [1.807, 2.05) is 38.1 Å². The number of ether oxygens (including phenoxy) is 1. The lowest BCUT2D eigenvalue weighted by atomic mass is 10.0. The van der Waals surface area contributed by atoms with Crippen molar-refractivity contribution in [1.29, 1.82) is 0 Å². The summed E-state index contributed by atoms with van der Waals surface area (Å²) in [5, 5.41) is 0.702. The molecule has 19 heavy (non-hydrogen) atoms. The van der Waals surface area contributed by atoms with Crippen LogP contribution in [0.15, 0.2) is 24.3 Å². The third-order valence-electron chi connectivity index (χ3n) is 2.39. The lowest BCUT2D eigenvalue weighted by Crippen LogP contribution is -2.32. The largest absolute Gasteiger partial charge is 0.490 e. The Hall–Kier alpha value is -0.190. The van der Waals surface area contributed by atoms with Crippen LogP contribution in [0.5, 0.6) is 5.75 Å². The first kappa shape index (κ1) is 21.1. The molecule has 6 heteroatoms. The van der Waals surface area contributed by atoms with Gasteiger partial charge in [-0.3, -0.25) is 0 Å². The average molecular weight is 330 g/mol. The van der Waals surface area contributed by atoms with E-state index in [2.05, 4.69) is 0 Å². The molecule has 1 rings (SSSR count). The molecule has 4 N–H and O–H groups in total. The Morgan fingerprint density at radius 2 is 1.42 bits per heavy atom. The summed E-state index contributed by atoms with van der Waals surface area (Å²) in [7, 11) is 0. The van der Waals surface area contributed by atoms with Crippen molar-refractivity contribution in [3.05, 3.63) is 29.3 Å². The van der Waals surface area contributed by atoms with E-state index < -0.39 is 0 Å². The molecular formula is C13H23Cl3N2O. The predicted octanol–water partition coefficient (Wildman–Crippen LogP) is 3.41. The topological polar surface area (TPSA) is 61.3 Å². The smallest absolute Gasteiger partial charge is 0.119 e. The fourth-order valence-corrected chi connectivity index (χ4v) is 1.85. The molecule has 0 radical (unpaired) electrons. The van der Waals surface area contributed by atoms with Crippen molar-refractivity contribution >= 4 is 36.4 Å². The third-order valence-corrected chi connectivity index (χ3v) is 2.64. The Morgan fingerprint density at radius 3 is 1.79 bits per heavy atom. The molecule has 0 fully saturated rings. The lowest BCUT2D eigenvalue weighted by molar-refractivity contribution is 0.167. The molecule has 2 atom stereocenters. The summed E-state index contributed by atoms with van der Waals surface area (Å²) < 4.78 is 5.87. The van der Waals surface area contributed by atoms with Gasteiger partial charge in [-0.1, -0.05) is 11.6 Å². The average Bonchev–Trinajstić information content (AvgIpc) is 2.19. The molecule has 0 bridgehead atoms. The summed E-state index contributed by atoms with van der Waals surface area (Å²) >= 11 is 5.82. The highest BCUT2D eigenvalue weighted by atomic mass is 35.5. The van der Waals surface area contributed by atoms with Gasteiger partial charge in [0.2, 0.25) is 0 Å². The molecule has 1 aromatic carbocycles. The molecular weight excluding hydrogens is 307 g/mol. The second-order valence-corrected chi connectivity index (χ2v) is 5.06. The molecule has 0 spiro atoms. The molecule has 0 saturated heterocycles. The molecule has 0 aliphatic heterocycles. The van der Waals surface area contributed by atoms with Crippen LogP contribution in [-0.4, -0.2) is 18.2 Å². The van der Waals surface area contributed by atoms with Gasteiger partial charge in [-0.25, -0.2) is 0 Å². The third kappa shape index (κ3) is 9.36. The van der Waals surface area contributed by atoms with E-state index in [4.69, 9.17) is 27.8 Å². The van der Waals surface area contributed by atoms with Crippen molar-refractivity contribution < 1.29 is 4.74 Å². The fourth-order valence-electron chi connectivity index (χ4n) is 1.73. The summed E-state index contributed by atoms with van der Waals surface area (Å²) in [5.74, 6) is 0.806. The Morgan fingerprint density at radius 1 is 1.00 bits per heavy atom. The predicted molar refractivity (Wildman–Crippen MR) is 86.9 cm³/mol. The van der Waals surface area contributed by atoms with Crippen molar-refractivity contribution in [2.24, 2.45) is 11.5 Å². The van der Waals surface area contributed by atoms with Crippen LogP contribution in [0.1, 0.15) is 26.7 Å². The van der Waals surface area contributed by atoms with Crippen molar-refractivity contribution in [3.63, 3.8) is 0 Å². The summed E-state index contributed by atoms with van der Waals surface area (Å²) in [6, 6.07) is 7.55.